The number of H-pyrrole nitrogens is 1. The Morgan fingerprint density at radius 3 is 3.04 bits per heavy atom. The van der Waals surface area contributed by atoms with Crippen LogP contribution in [0.5, 0.6) is 0 Å². The molecule has 23 heavy (non-hydrogen) atoms. The molecule has 0 spiro atoms. The second-order valence-corrected chi connectivity index (χ2v) is 6.42. The van der Waals surface area contributed by atoms with Crippen molar-refractivity contribution in [3.8, 4) is 0 Å². The lowest BCUT2D eigenvalue weighted by atomic mass is 9.93. The smallest absolute Gasteiger partial charge is 0.0642 e. The number of nitrogens with one attached hydrogen (secondary N) is 2. The van der Waals surface area contributed by atoms with Crippen LogP contribution in [0.15, 0.2) is 30.5 Å². The fourth-order valence-electron chi connectivity index (χ4n) is 3.61. The van der Waals surface area contributed by atoms with Crippen LogP contribution in [0, 0.1) is 0 Å². The topological polar surface area (TPSA) is 53.2 Å². The highest BCUT2D eigenvalue weighted by Gasteiger charge is 2.20. The van der Waals surface area contributed by atoms with Crippen LogP contribution in [0.25, 0.3) is 0 Å². The van der Waals surface area contributed by atoms with Gasteiger partial charge in [-0.15, -0.1) is 0 Å². The lowest BCUT2D eigenvalue weighted by Gasteiger charge is -2.31. The molecule has 0 bridgehead atoms. The van der Waals surface area contributed by atoms with Gasteiger partial charge in [0.25, 0.3) is 0 Å². The van der Waals surface area contributed by atoms with Crippen LogP contribution in [0.3, 0.4) is 0 Å². The summed E-state index contributed by atoms with van der Waals surface area (Å²) in [5.74, 6) is 0. The molecule has 1 aliphatic heterocycles. The van der Waals surface area contributed by atoms with Gasteiger partial charge >= 0.3 is 0 Å². The molecular formula is C18H24N4O. The maximum atomic E-state index is 5.48. The molecule has 1 aromatic heterocycles. The Labute approximate surface area is 137 Å². The molecule has 4 rings (SSSR count). The first kappa shape index (κ1) is 14.7. The maximum Gasteiger partial charge on any atom is 0.0642 e. The fraction of sp³-hybridized carbons (Fsp3) is 0.500. The molecule has 1 saturated heterocycles. The Balaban J connectivity index is 1.41. The predicted octanol–water partition coefficient (Wildman–Crippen LogP) is 1.89. The molecule has 0 saturated carbocycles. The van der Waals surface area contributed by atoms with Gasteiger partial charge in [0.15, 0.2) is 0 Å². The van der Waals surface area contributed by atoms with E-state index in [-0.39, 0.29) is 0 Å². The monoisotopic (exact) mass is 312 g/mol. The van der Waals surface area contributed by atoms with Crippen molar-refractivity contribution in [3.05, 3.63) is 47.3 Å². The minimum absolute atomic E-state index is 0.528. The van der Waals surface area contributed by atoms with Gasteiger partial charge in [-0.1, -0.05) is 18.2 Å². The van der Waals surface area contributed by atoms with E-state index in [9.17, 15) is 0 Å². The van der Waals surface area contributed by atoms with E-state index in [2.05, 4.69) is 44.7 Å². The first-order valence-electron chi connectivity index (χ1n) is 8.55. The maximum absolute atomic E-state index is 5.48. The normalized spacial score (nSPS) is 21.2. The van der Waals surface area contributed by atoms with E-state index in [1.54, 1.807) is 0 Å². The van der Waals surface area contributed by atoms with E-state index in [1.807, 2.05) is 6.20 Å². The largest absolute Gasteiger partial charge is 0.378 e. The third-order valence-electron chi connectivity index (χ3n) is 4.94. The molecule has 1 aromatic carbocycles. The number of hydrogen-bond donors (Lipinski definition) is 2. The quantitative estimate of drug-likeness (QED) is 0.905. The summed E-state index contributed by atoms with van der Waals surface area (Å²) in [4.78, 5) is 2.44. The van der Waals surface area contributed by atoms with Gasteiger partial charge in [-0.05, 0) is 30.0 Å². The van der Waals surface area contributed by atoms with Crippen molar-refractivity contribution in [3.63, 3.8) is 0 Å². The SMILES string of the molecule is c1ccc(N2CCOCC2)c(CNC2CCc3cn[nH]c3C2)c1. The number of benzene rings is 1. The molecule has 1 unspecified atom stereocenters. The molecule has 5 heteroatoms. The number of ether oxygens (including phenoxy) is 1. The molecule has 0 amide bonds. The number of hydrogen-bond acceptors (Lipinski definition) is 4. The molecule has 0 radical (unpaired) electrons. The minimum Gasteiger partial charge on any atom is -0.378 e. The van der Waals surface area contributed by atoms with Gasteiger partial charge in [0.05, 0.1) is 19.4 Å². The van der Waals surface area contributed by atoms with E-state index in [0.717, 1.165) is 45.7 Å². The van der Waals surface area contributed by atoms with Gasteiger partial charge in [0.1, 0.15) is 0 Å². The number of morpholine rings is 1. The number of rotatable bonds is 4. The van der Waals surface area contributed by atoms with Crippen LogP contribution in [0.2, 0.25) is 0 Å². The molecule has 2 heterocycles. The summed E-state index contributed by atoms with van der Waals surface area (Å²) in [6.07, 6.45) is 5.33. The Morgan fingerprint density at radius 1 is 1.26 bits per heavy atom. The van der Waals surface area contributed by atoms with Crippen molar-refractivity contribution < 1.29 is 4.74 Å². The van der Waals surface area contributed by atoms with E-state index in [4.69, 9.17) is 4.74 Å². The molecule has 2 aromatic rings. The van der Waals surface area contributed by atoms with Gasteiger partial charge in [-0.2, -0.15) is 5.10 Å². The van der Waals surface area contributed by atoms with Gasteiger partial charge in [-0.3, -0.25) is 5.10 Å². The molecule has 5 nitrogen and oxygen atoms in total. The van der Waals surface area contributed by atoms with Crippen LogP contribution in [0.1, 0.15) is 23.2 Å². The second kappa shape index (κ2) is 6.72. The summed E-state index contributed by atoms with van der Waals surface area (Å²) >= 11 is 0. The van der Waals surface area contributed by atoms with Crippen molar-refractivity contribution in [2.75, 3.05) is 31.2 Å². The highest BCUT2D eigenvalue weighted by molar-refractivity contribution is 5.54. The summed E-state index contributed by atoms with van der Waals surface area (Å²) in [6, 6.07) is 9.26. The fourth-order valence-corrected chi connectivity index (χ4v) is 3.61. The third kappa shape index (κ3) is 3.26. The Hall–Kier alpha value is -1.85. The summed E-state index contributed by atoms with van der Waals surface area (Å²) in [7, 11) is 0. The summed E-state index contributed by atoms with van der Waals surface area (Å²) in [5, 5.41) is 11.0. The molecule has 122 valence electrons. The number of anilines is 1. The van der Waals surface area contributed by atoms with E-state index in [1.165, 1.54) is 28.9 Å². The average Bonchev–Trinajstić information content (AvgIpc) is 3.09. The van der Waals surface area contributed by atoms with Crippen molar-refractivity contribution in [1.82, 2.24) is 15.5 Å². The van der Waals surface area contributed by atoms with Gasteiger partial charge in [-0.25, -0.2) is 0 Å². The Kier molecular flexibility index (Phi) is 4.30. The van der Waals surface area contributed by atoms with Crippen molar-refractivity contribution in [1.29, 1.82) is 0 Å². The van der Waals surface area contributed by atoms with E-state index < -0.39 is 0 Å². The van der Waals surface area contributed by atoms with Crippen LogP contribution in [-0.2, 0) is 24.1 Å². The number of nitrogens with zero attached hydrogens (tertiary/aromatic N) is 2. The van der Waals surface area contributed by atoms with Gasteiger partial charge in [0, 0.05) is 43.5 Å². The zero-order valence-electron chi connectivity index (χ0n) is 13.4. The highest BCUT2D eigenvalue weighted by Crippen LogP contribution is 2.23. The lowest BCUT2D eigenvalue weighted by molar-refractivity contribution is 0.122. The highest BCUT2D eigenvalue weighted by atomic mass is 16.5. The van der Waals surface area contributed by atoms with Crippen molar-refractivity contribution in [2.45, 2.75) is 31.8 Å². The third-order valence-corrected chi connectivity index (χ3v) is 4.94. The van der Waals surface area contributed by atoms with Gasteiger partial charge in [0.2, 0.25) is 0 Å². The predicted molar refractivity (Wildman–Crippen MR) is 90.7 cm³/mol. The van der Waals surface area contributed by atoms with Crippen LogP contribution >= 0.6 is 0 Å². The molecular weight excluding hydrogens is 288 g/mol. The number of para-hydroxylation sites is 1. The first-order valence-corrected chi connectivity index (χ1v) is 8.55. The lowest BCUT2D eigenvalue weighted by Crippen LogP contribution is -2.38. The molecule has 2 aliphatic rings. The molecule has 1 atom stereocenters. The summed E-state index contributed by atoms with van der Waals surface area (Å²) in [5.41, 5.74) is 5.41. The molecule has 1 aliphatic carbocycles. The first-order chi connectivity index (χ1) is 11.4. The number of aromatic amines is 1. The Morgan fingerprint density at radius 2 is 2.13 bits per heavy atom. The number of fused-ring (bicyclic) bond motifs is 1. The van der Waals surface area contributed by atoms with Gasteiger partial charge < -0.3 is 15.0 Å². The van der Waals surface area contributed by atoms with Crippen molar-refractivity contribution >= 4 is 5.69 Å². The van der Waals surface area contributed by atoms with E-state index in [0.29, 0.717) is 6.04 Å². The van der Waals surface area contributed by atoms with Crippen LogP contribution < -0.4 is 10.2 Å². The van der Waals surface area contributed by atoms with Crippen LogP contribution in [-0.4, -0.2) is 42.5 Å². The zero-order chi connectivity index (χ0) is 15.5. The second-order valence-electron chi connectivity index (χ2n) is 6.42. The standard InChI is InChI=1S/C18H24N4O/c1-2-4-18(22-7-9-23-10-8-22)15(3-1)12-19-16-6-5-14-13-20-21-17(14)11-16/h1-4,13,16,19H,5-12H2,(H,20,21). The van der Waals surface area contributed by atoms with Crippen molar-refractivity contribution in [2.24, 2.45) is 0 Å². The number of aryl methyl sites for hydroxylation is 1. The minimum atomic E-state index is 0.528. The van der Waals surface area contributed by atoms with E-state index >= 15 is 0 Å². The average molecular weight is 312 g/mol. The summed E-state index contributed by atoms with van der Waals surface area (Å²) in [6.45, 7) is 4.54. The number of aromatic nitrogens is 2. The van der Waals surface area contributed by atoms with Crippen LogP contribution in [0.4, 0.5) is 5.69 Å². The zero-order valence-corrected chi connectivity index (χ0v) is 13.4. The molecule has 2 N–H and O–H groups in total. The summed E-state index contributed by atoms with van der Waals surface area (Å²) < 4.78 is 5.48. The molecule has 1 fully saturated rings. The Bertz CT molecular complexity index is 648.